The number of nitrogens with zero attached hydrogens (tertiary/aromatic N) is 3. The fourth-order valence-corrected chi connectivity index (χ4v) is 3.57. The highest BCUT2D eigenvalue weighted by molar-refractivity contribution is 7.99. The number of rotatable bonds is 6. The molecule has 1 aliphatic carbocycles. The van der Waals surface area contributed by atoms with Crippen LogP contribution >= 0.6 is 11.8 Å². The molecule has 0 spiro atoms. The van der Waals surface area contributed by atoms with Crippen molar-refractivity contribution in [2.45, 2.75) is 30.4 Å². The van der Waals surface area contributed by atoms with Crippen LogP contribution in [0.3, 0.4) is 0 Å². The van der Waals surface area contributed by atoms with Crippen LogP contribution in [0.5, 0.6) is 0 Å². The van der Waals surface area contributed by atoms with E-state index in [1.54, 1.807) is 11.8 Å². The summed E-state index contributed by atoms with van der Waals surface area (Å²) < 4.78 is 5.33. The van der Waals surface area contributed by atoms with Gasteiger partial charge in [-0.15, -0.1) is 11.8 Å². The first-order chi connectivity index (χ1) is 11.3. The van der Waals surface area contributed by atoms with Gasteiger partial charge in [-0.2, -0.15) is 4.98 Å². The fraction of sp³-hybridized carbons (Fsp3) is 0.471. The maximum Gasteiger partial charge on any atom is 0.233 e. The van der Waals surface area contributed by atoms with Gasteiger partial charge in [0.25, 0.3) is 0 Å². The number of carbonyl (C=O) groups is 1. The number of hydrogen-bond donors (Lipinski definition) is 0. The highest BCUT2D eigenvalue weighted by Gasteiger charge is 2.37. The Bertz CT molecular complexity index is 678. The van der Waals surface area contributed by atoms with Crippen LogP contribution in [-0.4, -0.2) is 39.8 Å². The Balaban J connectivity index is 1.20. The summed E-state index contributed by atoms with van der Waals surface area (Å²) in [5.74, 6) is 3.88. The van der Waals surface area contributed by atoms with Gasteiger partial charge in [-0.1, -0.05) is 35.5 Å². The van der Waals surface area contributed by atoms with Gasteiger partial charge in [-0.05, 0) is 18.4 Å². The Morgan fingerprint density at radius 3 is 2.74 bits per heavy atom. The van der Waals surface area contributed by atoms with Gasteiger partial charge in [0, 0.05) is 24.8 Å². The predicted octanol–water partition coefficient (Wildman–Crippen LogP) is 2.81. The summed E-state index contributed by atoms with van der Waals surface area (Å²) in [5, 5.41) is 4.04. The van der Waals surface area contributed by atoms with Crippen molar-refractivity contribution in [1.82, 2.24) is 15.0 Å². The van der Waals surface area contributed by atoms with Gasteiger partial charge in [0.15, 0.2) is 5.82 Å². The number of carbonyl (C=O) groups excluding carboxylic acids is 1. The lowest BCUT2D eigenvalue weighted by Crippen LogP contribution is -2.49. The third-order valence-corrected chi connectivity index (χ3v) is 5.31. The Kier molecular flexibility index (Phi) is 4.08. The smallest absolute Gasteiger partial charge is 0.233 e. The number of benzene rings is 1. The summed E-state index contributed by atoms with van der Waals surface area (Å²) in [6.07, 6.45) is 2.35. The van der Waals surface area contributed by atoms with E-state index in [4.69, 9.17) is 4.52 Å². The van der Waals surface area contributed by atoms with E-state index in [1.165, 1.54) is 18.4 Å². The molecule has 0 N–H and O–H groups in total. The van der Waals surface area contributed by atoms with Crippen LogP contribution in [0.2, 0.25) is 0 Å². The molecule has 1 aromatic carbocycles. The lowest BCUT2D eigenvalue weighted by Gasteiger charge is -2.37. The molecule has 1 saturated carbocycles. The minimum absolute atomic E-state index is 0.198. The molecule has 0 unspecified atom stereocenters. The average molecular weight is 329 g/mol. The molecule has 0 atom stereocenters. The fourth-order valence-electron chi connectivity index (χ4n) is 2.68. The van der Waals surface area contributed by atoms with E-state index in [0.717, 1.165) is 11.6 Å². The Labute approximate surface area is 139 Å². The Morgan fingerprint density at radius 1 is 1.22 bits per heavy atom. The molecule has 1 amide bonds. The largest absolute Gasteiger partial charge is 0.340 e. The van der Waals surface area contributed by atoms with E-state index < -0.39 is 0 Å². The van der Waals surface area contributed by atoms with Crippen LogP contribution < -0.4 is 0 Å². The van der Waals surface area contributed by atoms with Crippen molar-refractivity contribution in [3.05, 3.63) is 47.6 Å². The minimum Gasteiger partial charge on any atom is -0.340 e. The molecule has 0 radical (unpaired) electrons. The molecule has 2 fully saturated rings. The number of aromatic nitrogens is 2. The molecule has 1 aromatic heterocycles. The van der Waals surface area contributed by atoms with E-state index in [1.807, 2.05) is 23.1 Å². The second kappa shape index (κ2) is 6.35. The van der Waals surface area contributed by atoms with E-state index in [0.29, 0.717) is 30.7 Å². The molecular formula is C17H19N3O2S. The molecule has 0 bridgehead atoms. The highest BCUT2D eigenvalue weighted by Crippen LogP contribution is 2.39. The van der Waals surface area contributed by atoms with E-state index in [9.17, 15) is 4.79 Å². The quantitative estimate of drug-likeness (QED) is 0.815. The molecule has 2 heterocycles. The molecule has 5 nitrogen and oxygen atoms in total. The lowest BCUT2D eigenvalue weighted by atomic mass is 10.0. The maximum atomic E-state index is 12.2. The van der Waals surface area contributed by atoms with Gasteiger partial charge in [0.1, 0.15) is 0 Å². The molecule has 2 aromatic rings. The summed E-state index contributed by atoms with van der Waals surface area (Å²) in [7, 11) is 0. The lowest BCUT2D eigenvalue weighted by molar-refractivity contribution is -0.133. The van der Waals surface area contributed by atoms with Gasteiger partial charge >= 0.3 is 0 Å². The minimum atomic E-state index is 0.198. The Hall–Kier alpha value is -1.82. The maximum absolute atomic E-state index is 12.2. The number of hydrogen-bond acceptors (Lipinski definition) is 5. The number of amides is 1. The first-order valence-electron chi connectivity index (χ1n) is 8.02. The molecule has 1 aliphatic heterocycles. The van der Waals surface area contributed by atoms with Gasteiger partial charge in [-0.25, -0.2) is 0 Å². The van der Waals surface area contributed by atoms with Crippen LogP contribution in [0.15, 0.2) is 34.9 Å². The van der Waals surface area contributed by atoms with Crippen molar-refractivity contribution in [2.24, 2.45) is 0 Å². The number of thioether (sulfide) groups is 1. The van der Waals surface area contributed by atoms with E-state index >= 15 is 0 Å². The molecule has 4 rings (SSSR count). The second-order valence-corrected chi connectivity index (χ2v) is 7.22. The second-order valence-electron chi connectivity index (χ2n) is 6.24. The highest BCUT2D eigenvalue weighted by atomic mass is 32.2. The molecule has 1 saturated heterocycles. The molecule has 2 aliphatic rings. The summed E-state index contributed by atoms with van der Waals surface area (Å²) >= 11 is 1.66. The molecule has 6 heteroatoms. The molecule has 23 heavy (non-hydrogen) atoms. The molecular weight excluding hydrogens is 310 g/mol. The first kappa shape index (κ1) is 14.8. The van der Waals surface area contributed by atoms with Crippen LogP contribution in [0.1, 0.15) is 42.0 Å². The average Bonchev–Trinajstić information content (AvgIpc) is 3.26. The van der Waals surface area contributed by atoms with Crippen LogP contribution in [0.4, 0.5) is 0 Å². The van der Waals surface area contributed by atoms with E-state index in [2.05, 4.69) is 22.3 Å². The third-order valence-electron chi connectivity index (χ3n) is 4.32. The van der Waals surface area contributed by atoms with Crippen LogP contribution in [-0.2, 0) is 10.5 Å². The monoisotopic (exact) mass is 329 g/mol. The molecule has 120 valence electrons. The van der Waals surface area contributed by atoms with Crippen molar-refractivity contribution in [1.29, 1.82) is 0 Å². The van der Waals surface area contributed by atoms with Gasteiger partial charge in [-0.3, -0.25) is 4.79 Å². The standard InChI is InChI=1S/C17H19N3O2S/c21-15(11-23-10-12-4-2-1-3-5-12)20-8-14(9-20)17-18-16(19-22-17)13-6-7-13/h1-5,13-14H,6-11H2. The topological polar surface area (TPSA) is 59.2 Å². The van der Waals surface area contributed by atoms with Gasteiger partial charge < -0.3 is 9.42 Å². The summed E-state index contributed by atoms with van der Waals surface area (Å²) in [6.45, 7) is 1.41. The summed E-state index contributed by atoms with van der Waals surface area (Å²) in [5.41, 5.74) is 1.25. The van der Waals surface area contributed by atoms with E-state index in [-0.39, 0.29) is 11.8 Å². The number of likely N-dealkylation sites (tertiary alicyclic amines) is 1. The third kappa shape index (κ3) is 3.42. The van der Waals surface area contributed by atoms with Gasteiger partial charge in [0.2, 0.25) is 11.8 Å². The zero-order valence-electron chi connectivity index (χ0n) is 12.9. The Morgan fingerprint density at radius 2 is 2.00 bits per heavy atom. The van der Waals surface area contributed by atoms with Crippen molar-refractivity contribution in [2.75, 3.05) is 18.8 Å². The normalized spacial score (nSPS) is 18.0. The van der Waals surface area contributed by atoms with Crippen molar-refractivity contribution in [3.8, 4) is 0 Å². The van der Waals surface area contributed by atoms with Gasteiger partial charge in [0.05, 0.1) is 11.7 Å². The first-order valence-corrected chi connectivity index (χ1v) is 9.18. The summed E-state index contributed by atoms with van der Waals surface area (Å²) in [4.78, 5) is 18.5. The van der Waals surface area contributed by atoms with Crippen LogP contribution in [0, 0.1) is 0 Å². The van der Waals surface area contributed by atoms with Crippen LogP contribution in [0.25, 0.3) is 0 Å². The zero-order chi connectivity index (χ0) is 15.6. The predicted molar refractivity (Wildman–Crippen MR) is 88.2 cm³/mol. The van der Waals surface area contributed by atoms with Crippen molar-refractivity contribution < 1.29 is 9.32 Å². The summed E-state index contributed by atoms with van der Waals surface area (Å²) in [6, 6.07) is 10.2. The van der Waals surface area contributed by atoms with Crippen molar-refractivity contribution in [3.63, 3.8) is 0 Å². The van der Waals surface area contributed by atoms with Crippen molar-refractivity contribution >= 4 is 17.7 Å². The zero-order valence-corrected chi connectivity index (χ0v) is 13.7. The SMILES string of the molecule is O=C(CSCc1ccccc1)N1CC(c2nc(C3CC3)no2)C1.